The number of aryl methyl sites for hydroxylation is 2. The molecule has 0 amide bonds. The standard InChI is InChI=1S/C30H46N4/c1-9-14-29(11-3)34(25(7)23(5)18-17-22(4)24(6)31-19-10-2)26(8)33-30-20-27-15-12-13-16-28(27)21-32-30/h17-18,20-21,29,31H,6-16,19H2,1-5H3,(H,32,33)/b22-17+,23-18-. The molecule has 1 unspecified atom stereocenters. The molecule has 0 aliphatic heterocycles. The first-order valence-corrected chi connectivity index (χ1v) is 13.0. The highest BCUT2D eigenvalue weighted by Crippen LogP contribution is 2.28. The maximum Gasteiger partial charge on any atom is 0.131 e. The van der Waals surface area contributed by atoms with E-state index in [0.29, 0.717) is 6.04 Å². The predicted molar refractivity (Wildman–Crippen MR) is 149 cm³/mol. The minimum absolute atomic E-state index is 0.324. The number of aromatic nitrogens is 1. The number of anilines is 1. The van der Waals surface area contributed by atoms with Gasteiger partial charge in [0.25, 0.3) is 0 Å². The first kappa shape index (κ1) is 27.5. The summed E-state index contributed by atoms with van der Waals surface area (Å²) in [7, 11) is 0. The number of fused-ring (bicyclic) bond motifs is 1. The van der Waals surface area contributed by atoms with Gasteiger partial charge in [-0.25, -0.2) is 4.98 Å². The molecule has 0 bridgehead atoms. The van der Waals surface area contributed by atoms with Crippen molar-refractivity contribution in [1.29, 1.82) is 0 Å². The topological polar surface area (TPSA) is 40.2 Å². The molecule has 1 atom stereocenters. The van der Waals surface area contributed by atoms with Crippen molar-refractivity contribution in [3.05, 3.63) is 83.6 Å². The number of pyridine rings is 1. The fourth-order valence-corrected chi connectivity index (χ4v) is 4.40. The Labute approximate surface area is 208 Å². The van der Waals surface area contributed by atoms with Crippen LogP contribution in [0.1, 0.15) is 84.3 Å². The van der Waals surface area contributed by atoms with E-state index in [1.54, 1.807) is 0 Å². The average molecular weight is 463 g/mol. The molecule has 1 aliphatic rings. The van der Waals surface area contributed by atoms with E-state index in [1.807, 2.05) is 6.20 Å². The molecular formula is C30H46N4. The third-order valence-corrected chi connectivity index (χ3v) is 6.64. The number of rotatable bonds is 14. The van der Waals surface area contributed by atoms with Gasteiger partial charge in [0.05, 0.1) is 0 Å². The van der Waals surface area contributed by atoms with Gasteiger partial charge in [-0.1, -0.05) is 59.1 Å². The molecule has 0 spiro atoms. The maximum absolute atomic E-state index is 4.68. The smallest absolute Gasteiger partial charge is 0.131 e. The summed E-state index contributed by atoms with van der Waals surface area (Å²) >= 11 is 0. The minimum Gasteiger partial charge on any atom is -0.385 e. The molecular weight excluding hydrogens is 416 g/mol. The zero-order valence-corrected chi connectivity index (χ0v) is 22.3. The van der Waals surface area contributed by atoms with Crippen LogP contribution in [-0.4, -0.2) is 22.5 Å². The molecule has 0 radical (unpaired) electrons. The summed E-state index contributed by atoms with van der Waals surface area (Å²) in [5.74, 6) is 1.70. The molecule has 0 fully saturated rings. The van der Waals surface area contributed by atoms with Gasteiger partial charge >= 0.3 is 0 Å². The lowest BCUT2D eigenvalue weighted by molar-refractivity contribution is 0.295. The van der Waals surface area contributed by atoms with Gasteiger partial charge in [0.2, 0.25) is 0 Å². The second-order valence-electron chi connectivity index (χ2n) is 9.39. The lowest BCUT2D eigenvalue weighted by Gasteiger charge is -2.36. The Hall–Kier alpha value is -2.75. The first-order valence-electron chi connectivity index (χ1n) is 13.0. The quantitative estimate of drug-likeness (QED) is 0.279. The van der Waals surface area contributed by atoms with E-state index in [-0.39, 0.29) is 0 Å². The lowest BCUT2D eigenvalue weighted by atomic mass is 9.93. The van der Waals surface area contributed by atoms with Crippen LogP contribution in [0.15, 0.2) is 72.5 Å². The second-order valence-corrected chi connectivity index (χ2v) is 9.39. The van der Waals surface area contributed by atoms with Crippen molar-refractivity contribution in [1.82, 2.24) is 15.2 Å². The monoisotopic (exact) mass is 462 g/mol. The lowest BCUT2D eigenvalue weighted by Crippen LogP contribution is -2.36. The molecule has 0 saturated heterocycles. The van der Waals surface area contributed by atoms with E-state index >= 15 is 0 Å². The summed E-state index contributed by atoms with van der Waals surface area (Å²) in [4.78, 5) is 6.95. The number of allylic oxidation sites excluding steroid dienone is 4. The Morgan fingerprint density at radius 1 is 1.03 bits per heavy atom. The average Bonchev–Trinajstić information content (AvgIpc) is 2.84. The van der Waals surface area contributed by atoms with Gasteiger partial charge in [-0.2, -0.15) is 0 Å². The first-order chi connectivity index (χ1) is 16.3. The number of nitrogens with zero attached hydrogens (tertiary/aromatic N) is 2. The van der Waals surface area contributed by atoms with Crippen LogP contribution in [0.3, 0.4) is 0 Å². The van der Waals surface area contributed by atoms with E-state index in [2.05, 4.69) is 93.1 Å². The molecule has 1 aromatic rings. The van der Waals surface area contributed by atoms with Gasteiger partial charge in [0, 0.05) is 30.2 Å². The van der Waals surface area contributed by atoms with Crippen LogP contribution in [0.25, 0.3) is 0 Å². The molecule has 4 heteroatoms. The fraction of sp³-hybridized carbons (Fsp3) is 0.500. The van der Waals surface area contributed by atoms with Crippen molar-refractivity contribution >= 4 is 5.82 Å². The van der Waals surface area contributed by atoms with Crippen LogP contribution in [-0.2, 0) is 12.8 Å². The fourth-order valence-electron chi connectivity index (χ4n) is 4.40. The van der Waals surface area contributed by atoms with Gasteiger partial charge in [-0.15, -0.1) is 0 Å². The Balaban J connectivity index is 2.24. The van der Waals surface area contributed by atoms with Gasteiger partial charge in [0.15, 0.2) is 0 Å². The Bertz CT molecular complexity index is 922. The molecule has 1 heterocycles. The van der Waals surface area contributed by atoms with Crippen LogP contribution in [0.4, 0.5) is 5.82 Å². The zero-order valence-electron chi connectivity index (χ0n) is 22.3. The van der Waals surface area contributed by atoms with E-state index < -0.39 is 0 Å². The summed E-state index contributed by atoms with van der Waals surface area (Å²) in [5.41, 5.74) is 6.97. The van der Waals surface area contributed by atoms with Crippen molar-refractivity contribution in [3.63, 3.8) is 0 Å². The highest BCUT2D eigenvalue weighted by atomic mass is 15.3. The van der Waals surface area contributed by atoms with E-state index in [1.165, 1.54) is 24.0 Å². The van der Waals surface area contributed by atoms with Crippen LogP contribution in [0.5, 0.6) is 0 Å². The van der Waals surface area contributed by atoms with Crippen molar-refractivity contribution < 1.29 is 0 Å². The Morgan fingerprint density at radius 3 is 2.35 bits per heavy atom. The van der Waals surface area contributed by atoms with Crippen molar-refractivity contribution in [2.75, 3.05) is 11.9 Å². The van der Waals surface area contributed by atoms with Gasteiger partial charge < -0.3 is 15.5 Å². The molecule has 2 N–H and O–H groups in total. The molecule has 1 aromatic heterocycles. The SMILES string of the molecule is C=C(NCCC)/C(C)=C/C=C(/C)C(=C)N(C(=C)Nc1cc2c(cn1)CCCC2)C(CC)CCC. The molecule has 0 aromatic carbocycles. The third-order valence-electron chi connectivity index (χ3n) is 6.64. The molecule has 34 heavy (non-hydrogen) atoms. The minimum atomic E-state index is 0.324. The maximum atomic E-state index is 4.68. The molecule has 1 aliphatic carbocycles. The summed E-state index contributed by atoms with van der Waals surface area (Å²) < 4.78 is 0. The summed E-state index contributed by atoms with van der Waals surface area (Å²) in [6.07, 6.45) is 15.4. The van der Waals surface area contributed by atoms with Gasteiger partial charge in [0.1, 0.15) is 11.6 Å². The van der Waals surface area contributed by atoms with Crippen LogP contribution >= 0.6 is 0 Å². The molecule has 2 rings (SSSR count). The van der Waals surface area contributed by atoms with Crippen LogP contribution in [0, 0.1) is 0 Å². The summed E-state index contributed by atoms with van der Waals surface area (Å²) in [6.45, 7) is 24.8. The number of hydrogen-bond donors (Lipinski definition) is 2. The van der Waals surface area contributed by atoms with Gasteiger partial charge in [-0.3, -0.25) is 0 Å². The van der Waals surface area contributed by atoms with Crippen LogP contribution < -0.4 is 10.6 Å². The summed E-state index contributed by atoms with van der Waals surface area (Å²) in [5, 5.41) is 6.86. The normalized spacial score (nSPS) is 14.7. The molecule has 186 valence electrons. The number of hydrogen-bond acceptors (Lipinski definition) is 4. The summed E-state index contributed by atoms with van der Waals surface area (Å²) in [6, 6.07) is 2.52. The van der Waals surface area contributed by atoms with E-state index in [4.69, 9.17) is 0 Å². The van der Waals surface area contributed by atoms with Crippen LogP contribution in [0.2, 0.25) is 0 Å². The van der Waals surface area contributed by atoms with E-state index in [9.17, 15) is 0 Å². The largest absolute Gasteiger partial charge is 0.385 e. The highest BCUT2D eigenvalue weighted by Gasteiger charge is 2.22. The number of nitrogens with one attached hydrogen (secondary N) is 2. The second kappa shape index (κ2) is 13.8. The van der Waals surface area contributed by atoms with E-state index in [0.717, 1.165) is 79.2 Å². The van der Waals surface area contributed by atoms with Crippen molar-refractivity contribution in [2.45, 2.75) is 92.0 Å². The Morgan fingerprint density at radius 2 is 1.71 bits per heavy atom. The molecule has 4 nitrogen and oxygen atoms in total. The van der Waals surface area contributed by atoms with Crippen molar-refractivity contribution in [3.8, 4) is 0 Å². The highest BCUT2D eigenvalue weighted by molar-refractivity contribution is 5.47. The zero-order chi connectivity index (χ0) is 25.1. The third kappa shape index (κ3) is 7.65. The predicted octanol–water partition coefficient (Wildman–Crippen LogP) is 7.64. The van der Waals surface area contributed by atoms with Crippen molar-refractivity contribution in [2.24, 2.45) is 0 Å². The van der Waals surface area contributed by atoms with Gasteiger partial charge in [-0.05, 0) is 87.1 Å². The molecule has 0 saturated carbocycles. The Kier molecular flexibility index (Phi) is 11.2.